The Bertz CT molecular complexity index is 805. The third-order valence-corrected chi connectivity index (χ3v) is 3.79. The molecule has 0 bridgehead atoms. The van der Waals surface area contributed by atoms with Crippen LogP contribution in [0.2, 0.25) is 5.02 Å². The van der Waals surface area contributed by atoms with E-state index >= 15 is 0 Å². The largest absolute Gasteiger partial charge is 0.494 e. The van der Waals surface area contributed by atoms with E-state index in [2.05, 4.69) is 16.2 Å². The van der Waals surface area contributed by atoms with Gasteiger partial charge in [-0.05, 0) is 68.5 Å². The second-order valence-corrected chi connectivity index (χ2v) is 6.18. The first-order valence-corrected chi connectivity index (χ1v) is 8.89. The molecule has 6 nitrogen and oxygen atoms in total. The fourth-order valence-electron chi connectivity index (χ4n) is 1.99. The number of ether oxygens (including phenoxy) is 2. The summed E-state index contributed by atoms with van der Waals surface area (Å²) in [6.07, 6.45) is -0.765. The molecule has 144 valence electrons. The molecule has 0 aliphatic heterocycles. The Morgan fingerprint density at radius 3 is 2.48 bits per heavy atom. The second-order valence-electron chi connectivity index (χ2n) is 5.36. The highest BCUT2D eigenvalue weighted by atomic mass is 35.5. The molecule has 2 aromatic rings. The molecule has 0 saturated carbocycles. The maximum atomic E-state index is 13.1. The van der Waals surface area contributed by atoms with Gasteiger partial charge in [-0.1, -0.05) is 11.6 Å². The molecular formula is C18H19ClFN3O3S. The molecule has 0 aliphatic carbocycles. The molecule has 0 radical (unpaired) electrons. The minimum Gasteiger partial charge on any atom is -0.494 e. The topological polar surface area (TPSA) is 71.6 Å². The number of amides is 1. The van der Waals surface area contributed by atoms with Gasteiger partial charge in [0.1, 0.15) is 17.3 Å². The van der Waals surface area contributed by atoms with Gasteiger partial charge in [-0.3, -0.25) is 15.6 Å². The summed E-state index contributed by atoms with van der Waals surface area (Å²) < 4.78 is 24.0. The number of thiocarbonyl (C=S) groups is 1. The highest BCUT2D eigenvalue weighted by Crippen LogP contribution is 2.19. The summed E-state index contributed by atoms with van der Waals surface area (Å²) in [5.74, 6) is 0.295. The van der Waals surface area contributed by atoms with Crippen LogP contribution in [0.25, 0.3) is 0 Å². The van der Waals surface area contributed by atoms with Gasteiger partial charge in [0.15, 0.2) is 11.2 Å². The minimum absolute atomic E-state index is 0.0378. The van der Waals surface area contributed by atoms with E-state index in [1.165, 1.54) is 18.2 Å². The van der Waals surface area contributed by atoms with Crippen molar-refractivity contribution in [2.24, 2.45) is 0 Å². The Labute approximate surface area is 167 Å². The number of carbonyl (C=O) groups excluding carboxylic acids is 1. The quantitative estimate of drug-likeness (QED) is 0.497. The lowest BCUT2D eigenvalue weighted by molar-refractivity contribution is -0.127. The predicted octanol–water partition coefficient (Wildman–Crippen LogP) is 3.66. The van der Waals surface area contributed by atoms with E-state index in [9.17, 15) is 9.18 Å². The number of anilines is 1. The van der Waals surface area contributed by atoms with Crippen LogP contribution in [0.4, 0.5) is 10.1 Å². The molecule has 1 amide bonds. The smallest absolute Gasteiger partial charge is 0.279 e. The van der Waals surface area contributed by atoms with Crippen molar-refractivity contribution in [3.05, 3.63) is 53.3 Å². The number of halogens is 2. The molecule has 9 heteroatoms. The van der Waals surface area contributed by atoms with E-state index in [-0.39, 0.29) is 10.1 Å². The maximum absolute atomic E-state index is 13.1. The average molecular weight is 412 g/mol. The zero-order valence-corrected chi connectivity index (χ0v) is 16.3. The molecule has 2 rings (SSSR count). The van der Waals surface area contributed by atoms with Crippen LogP contribution in [-0.4, -0.2) is 23.7 Å². The van der Waals surface area contributed by atoms with Crippen LogP contribution in [0.3, 0.4) is 0 Å². The van der Waals surface area contributed by atoms with E-state index in [1.807, 2.05) is 6.92 Å². The summed E-state index contributed by atoms with van der Waals surface area (Å²) in [5.41, 5.74) is 5.45. The summed E-state index contributed by atoms with van der Waals surface area (Å²) in [4.78, 5) is 12.1. The summed E-state index contributed by atoms with van der Waals surface area (Å²) in [6, 6.07) is 11.0. The third kappa shape index (κ3) is 6.58. The number of hydrogen-bond donors (Lipinski definition) is 3. The number of hydrazine groups is 1. The lowest BCUT2D eigenvalue weighted by atomic mass is 10.3. The van der Waals surface area contributed by atoms with Gasteiger partial charge < -0.3 is 14.8 Å². The average Bonchev–Trinajstić information content (AvgIpc) is 2.64. The lowest BCUT2D eigenvalue weighted by Crippen LogP contribution is -2.48. The molecule has 1 atom stereocenters. The maximum Gasteiger partial charge on any atom is 0.279 e. The van der Waals surface area contributed by atoms with Crippen molar-refractivity contribution in [3.8, 4) is 11.5 Å². The molecule has 0 aromatic heterocycles. The summed E-state index contributed by atoms with van der Waals surface area (Å²) in [5, 5.41) is 2.84. The van der Waals surface area contributed by atoms with E-state index < -0.39 is 17.8 Å². The fourth-order valence-corrected chi connectivity index (χ4v) is 2.34. The molecule has 0 saturated heterocycles. The number of carbonyl (C=O) groups is 1. The number of rotatable bonds is 6. The van der Waals surface area contributed by atoms with Gasteiger partial charge in [0.25, 0.3) is 5.91 Å². The van der Waals surface area contributed by atoms with Crippen molar-refractivity contribution < 1.29 is 18.7 Å². The standard InChI is InChI=1S/C18H19ClFN3O3S/c1-3-25-13-5-7-14(8-6-13)26-11(2)17(24)22-23-18(27)21-12-4-9-16(20)15(19)10-12/h4-11H,3H2,1-2H3,(H,22,24)(H2,21,23,27)/t11-/m0/s1. The van der Waals surface area contributed by atoms with E-state index in [0.29, 0.717) is 18.0 Å². The Balaban J connectivity index is 1.79. The van der Waals surface area contributed by atoms with Crippen molar-refractivity contribution in [1.29, 1.82) is 0 Å². The SMILES string of the molecule is CCOc1ccc(O[C@@H](C)C(=O)NNC(=S)Nc2ccc(F)c(Cl)c2)cc1. The van der Waals surface area contributed by atoms with Crippen molar-refractivity contribution >= 4 is 40.5 Å². The van der Waals surface area contributed by atoms with Crippen LogP contribution in [0.15, 0.2) is 42.5 Å². The minimum atomic E-state index is -0.765. The van der Waals surface area contributed by atoms with Crippen LogP contribution >= 0.6 is 23.8 Å². The van der Waals surface area contributed by atoms with Gasteiger partial charge in [-0.2, -0.15) is 0 Å². The second kappa shape index (κ2) is 9.94. The van der Waals surface area contributed by atoms with E-state index in [1.54, 1.807) is 31.2 Å². The summed E-state index contributed by atoms with van der Waals surface area (Å²) in [6.45, 7) is 4.07. The molecule has 2 aromatic carbocycles. The Hall–Kier alpha value is -2.58. The summed E-state index contributed by atoms with van der Waals surface area (Å²) in [7, 11) is 0. The van der Waals surface area contributed by atoms with Crippen LogP contribution < -0.4 is 25.6 Å². The summed E-state index contributed by atoms with van der Waals surface area (Å²) >= 11 is 10.8. The van der Waals surface area contributed by atoms with Gasteiger partial charge in [0, 0.05) is 5.69 Å². The fraction of sp³-hybridized carbons (Fsp3) is 0.222. The highest BCUT2D eigenvalue weighted by molar-refractivity contribution is 7.80. The Kier molecular flexibility index (Phi) is 7.63. The number of hydrogen-bond acceptors (Lipinski definition) is 4. The van der Waals surface area contributed by atoms with Gasteiger partial charge >= 0.3 is 0 Å². The highest BCUT2D eigenvalue weighted by Gasteiger charge is 2.15. The molecule has 27 heavy (non-hydrogen) atoms. The van der Waals surface area contributed by atoms with Crippen molar-refractivity contribution in [3.63, 3.8) is 0 Å². The lowest BCUT2D eigenvalue weighted by Gasteiger charge is -2.17. The van der Waals surface area contributed by atoms with Crippen LogP contribution in [0.5, 0.6) is 11.5 Å². The van der Waals surface area contributed by atoms with Crippen molar-refractivity contribution in [2.75, 3.05) is 11.9 Å². The van der Waals surface area contributed by atoms with Crippen LogP contribution in [0, 0.1) is 5.82 Å². The molecule has 0 spiro atoms. The first-order valence-electron chi connectivity index (χ1n) is 8.10. The zero-order valence-electron chi connectivity index (χ0n) is 14.7. The van der Waals surface area contributed by atoms with Gasteiger partial charge in [-0.15, -0.1) is 0 Å². The Morgan fingerprint density at radius 1 is 1.19 bits per heavy atom. The van der Waals surface area contributed by atoms with Gasteiger partial charge in [-0.25, -0.2) is 4.39 Å². The molecule has 0 aliphatic rings. The molecule has 0 unspecified atom stereocenters. The third-order valence-electron chi connectivity index (χ3n) is 3.29. The predicted molar refractivity (Wildman–Crippen MR) is 107 cm³/mol. The van der Waals surface area contributed by atoms with Crippen LogP contribution in [-0.2, 0) is 4.79 Å². The number of benzene rings is 2. The molecule has 3 N–H and O–H groups in total. The molecular weight excluding hydrogens is 393 g/mol. The molecule has 0 fully saturated rings. The van der Waals surface area contributed by atoms with Gasteiger partial charge in [0.2, 0.25) is 0 Å². The van der Waals surface area contributed by atoms with Crippen molar-refractivity contribution in [1.82, 2.24) is 10.9 Å². The zero-order chi connectivity index (χ0) is 19.8. The normalized spacial score (nSPS) is 11.3. The van der Waals surface area contributed by atoms with E-state index in [0.717, 1.165) is 5.75 Å². The first kappa shape index (κ1) is 20.7. The monoisotopic (exact) mass is 411 g/mol. The van der Waals surface area contributed by atoms with Crippen LogP contribution in [0.1, 0.15) is 13.8 Å². The Morgan fingerprint density at radius 2 is 1.85 bits per heavy atom. The van der Waals surface area contributed by atoms with Gasteiger partial charge in [0.05, 0.1) is 11.6 Å². The van der Waals surface area contributed by atoms with Crippen molar-refractivity contribution in [2.45, 2.75) is 20.0 Å². The number of nitrogens with one attached hydrogen (secondary N) is 3. The molecule has 0 heterocycles. The first-order chi connectivity index (χ1) is 12.9. The van der Waals surface area contributed by atoms with E-state index in [4.69, 9.17) is 33.3 Å².